The molecular formula is C19H23N3O3. The van der Waals surface area contributed by atoms with E-state index in [9.17, 15) is 9.59 Å². The standard InChI is InChI=1S/C19H23N3O3/c1-14-12-16(21-25-14)13-17(23)20-18(15-8-4-2-5-9-15)19(24)22-10-6-3-7-11-22/h2,4-5,8-9,12,18H,3,6-7,10-11,13H2,1H3,(H,20,23)/t18-/m1/s1. The summed E-state index contributed by atoms with van der Waals surface area (Å²) in [7, 11) is 0. The largest absolute Gasteiger partial charge is 0.361 e. The van der Waals surface area contributed by atoms with Gasteiger partial charge in [0.25, 0.3) is 0 Å². The second-order valence-electron chi connectivity index (χ2n) is 6.40. The van der Waals surface area contributed by atoms with Gasteiger partial charge in [-0.2, -0.15) is 0 Å². The van der Waals surface area contributed by atoms with Gasteiger partial charge in [0, 0.05) is 19.2 Å². The van der Waals surface area contributed by atoms with E-state index in [-0.39, 0.29) is 18.2 Å². The van der Waals surface area contributed by atoms with Crippen molar-refractivity contribution < 1.29 is 14.1 Å². The quantitative estimate of drug-likeness (QED) is 0.906. The molecule has 1 fully saturated rings. The summed E-state index contributed by atoms with van der Waals surface area (Å²) in [6.45, 7) is 3.28. The molecule has 0 aliphatic carbocycles. The first-order valence-electron chi connectivity index (χ1n) is 8.69. The molecule has 0 unspecified atom stereocenters. The predicted octanol–water partition coefficient (Wildman–Crippen LogP) is 2.40. The molecule has 0 radical (unpaired) electrons. The fraction of sp³-hybridized carbons (Fsp3) is 0.421. The number of carbonyl (C=O) groups excluding carboxylic acids is 2. The van der Waals surface area contributed by atoms with E-state index in [1.165, 1.54) is 0 Å². The maximum absolute atomic E-state index is 13.0. The summed E-state index contributed by atoms with van der Waals surface area (Å²) in [6.07, 6.45) is 3.27. The highest BCUT2D eigenvalue weighted by atomic mass is 16.5. The summed E-state index contributed by atoms with van der Waals surface area (Å²) < 4.78 is 4.99. The Labute approximate surface area is 147 Å². The van der Waals surface area contributed by atoms with E-state index in [1.807, 2.05) is 35.2 Å². The molecule has 1 atom stereocenters. The molecule has 0 spiro atoms. The van der Waals surface area contributed by atoms with Gasteiger partial charge in [-0.3, -0.25) is 9.59 Å². The van der Waals surface area contributed by atoms with Crippen LogP contribution in [0.5, 0.6) is 0 Å². The zero-order valence-electron chi connectivity index (χ0n) is 14.4. The van der Waals surface area contributed by atoms with E-state index < -0.39 is 6.04 Å². The maximum atomic E-state index is 13.0. The lowest BCUT2D eigenvalue weighted by molar-refractivity contribution is -0.137. The van der Waals surface area contributed by atoms with Crippen LogP contribution in [0.2, 0.25) is 0 Å². The van der Waals surface area contributed by atoms with Crippen LogP contribution in [0.1, 0.15) is 42.3 Å². The molecule has 6 heteroatoms. The van der Waals surface area contributed by atoms with Crippen molar-refractivity contribution in [2.45, 2.75) is 38.6 Å². The number of nitrogens with zero attached hydrogens (tertiary/aromatic N) is 2. The second kappa shape index (κ2) is 7.96. The number of carbonyl (C=O) groups is 2. The Morgan fingerprint density at radius 3 is 2.56 bits per heavy atom. The highest BCUT2D eigenvalue weighted by Crippen LogP contribution is 2.19. The predicted molar refractivity (Wildman–Crippen MR) is 92.7 cm³/mol. The van der Waals surface area contributed by atoms with Crippen molar-refractivity contribution in [3.63, 3.8) is 0 Å². The number of amides is 2. The molecule has 1 saturated heterocycles. The van der Waals surface area contributed by atoms with E-state index in [0.717, 1.165) is 37.9 Å². The molecular weight excluding hydrogens is 318 g/mol. The van der Waals surface area contributed by atoms with Crippen LogP contribution < -0.4 is 5.32 Å². The summed E-state index contributed by atoms with van der Waals surface area (Å²) in [5.74, 6) is 0.370. The SMILES string of the molecule is Cc1cc(CC(=O)N[C@@H](C(=O)N2CCCCC2)c2ccccc2)no1. The topological polar surface area (TPSA) is 75.4 Å². The van der Waals surface area contributed by atoms with Gasteiger partial charge in [-0.25, -0.2) is 0 Å². The van der Waals surface area contributed by atoms with Gasteiger partial charge in [0.2, 0.25) is 11.8 Å². The van der Waals surface area contributed by atoms with Gasteiger partial charge < -0.3 is 14.7 Å². The van der Waals surface area contributed by atoms with Gasteiger partial charge in [0.15, 0.2) is 0 Å². The summed E-state index contributed by atoms with van der Waals surface area (Å²) in [4.78, 5) is 27.2. The molecule has 1 aliphatic heterocycles. The Morgan fingerprint density at radius 2 is 1.92 bits per heavy atom. The molecule has 1 aromatic carbocycles. The van der Waals surface area contributed by atoms with Crippen LogP contribution in [-0.2, 0) is 16.0 Å². The number of likely N-dealkylation sites (tertiary alicyclic amines) is 1. The van der Waals surface area contributed by atoms with Gasteiger partial charge >= 0.3 is 0 Å². The first kappa shape index (κ1) is 17.2. The lowest BCUT2D eigenvalue weighted by atomic mass is 10.0. The number of piperidine rings is 1. The molecule has 6 nitrogen and oxygen atoms in total. The van der Waals surface area contributed by atoms with E-state index in [2.05, 4.69) is 10.5 Å². The number of aromatic nitrogens is 1. The van der Waals surface area contributed by atoms with Crippen molar-refractivity contribution in [3.05, 3.63) is 53.4 Å². The maximum Gasteiger partial charge on any atom is 0.249 e. The van der Waals surface area contributed by atoms with Gasteiger partial charge in [-0.15, -0.1) is 0 Å². The fourth-order valence-corrected chi connectivity index (χ4v) is 3.11. The molecule has 2 aromatic rings. The average Bonchev–Trinajstić information content (AvgIpc) is 3.05. The van der Waals surface area contributed by atoms with Crippen LogP contribution in [0.25, 0.3) is 0 Å². The Balaban J connectivity index is 1.74. The fourth-order valence-electron chi connectivity index (χ4n) is 3.11. The van der Waals surface area contributed by atoms with Gasteiger partial charge in [0.05, 0.1) is 12.1 Å². The number of benzene rings is 1. The minimum atomic E-state index is -0.667. The molecule has 1 aliphatic rings. The Bertz CT molecular complexity index is 721. The first-order chi connectivity index (χ1) is 12.1. The molecule has 1 N–H and O–H groups in total. The number of hydrogen-bond acceptors (Lipinski definition) is 4. The van der Waals surface area contributed by atoms with Crippen molar-refractivity contribution in [1.82, 2.24) is 15.4 Å². The molecule has 3 rings (SSSR count). The average molecular weight is 341 g/mol. The summed E-state index contributed by atoms with van der Waals surface area (Å²) in [6, 6.07) is 10.4. The molecule has 0 bridgehead atoms. The second-order valence-corrected chi connectivity index (χ2v) is 6.40. The van der Waals surface area contributed by atoms with Crippen LogP contribution in [-0.4, -0.2) is 35.0 Å². The summed E-state index contributed by atoms with van der Waals surface area (Å²) >= 11 is 0. The number of nitrogens with one attached hydrogen (secondary N) is 1. The number of hydrogen-bond donors (Lipinski definition) is 1. The van der Waals surface area contributed by atoms with Crippen LogP contribution >= 0.6 is 0 Å². The van der Waals surface area contributed by atoms with E-state index >= 15 is 0 Å². The minimum absolute atomic E-state index is 0.0458. The molecule has 1 aromatic heterocycles. The molecule has 2 heterocycles. The van der Waals surface area contributed by atoms with Crippen molar-refractivity contribution >= 4 is 11.8 Å². The van der Waals surface area contributed by atoms with Gasteiger partial charge in [0.1, 0.15) is 11.8 Å². The number of aryl methyl sites for hydroxylation is 1. The van der Waals surface area contributed by atoms with Crippen LogP contribution in [0.15, 0.2) is 40.9 Å². The zero-order chi connectivity index (χ0) is 17.6. The third-order valence-electron chi connectivity index (χ3n) is 4.37. The molecule has 2 amide bonds. The van der Waals surface area contributed by atoms with Gasteiger partial charge in [-0.1, -0.05) is 35.5 Å². The molecule has 0 saturated carbocycles. The third-order valence-corrected chi connectivity index (χ3v) is 4.37. The van der Waals surface area contributed by atoms with Crippen molar-refractivity contribution in [2.75, 3.05) is 13.1 Å². The highest BCUT2D eigenvalue weighted by molar-refractivity contribution is 5.89. The Hall–Kier alpha value is -2.63. The van der Waals surface area contributed by atoms with Gasteiger partial charge in [-0.05, 0) is 31.7 Å². The molecule has 25 heavy (non-hydrogen) atoms. The summed E-state index contributed by atoms with van der Waals surface area (Å²) in [5.41, 5.74) is 1.36. The van der Waals surface area contributed by atoms with E-state index in [0.29, 0.717) is 11.5 Å². The Morgan fingerprint density at radius 1 is 1.20 bits per heavy atom. The molecule has 132 valence electrons. The van der Waals surface area contributed by atoms with Crippen molar-refractivity contribution in [3.8, 4) is 0 Å². The first-order valence-corrected chi connectivity index (χ1v) is 8.69. The normalized spacial score (nSPS) is 15.6. The number of rotatable bonds is 5. The monoisotopic (exact) mass is 341 g/mol. The van der Waals surface area contributed by atoms with Crippen LogP contribution in [0.4, 0.5) is 0 Å². The zero-order valence-corrected chi connectivity index (χ0v) is 14.4. The van der Waals surface area contributed by atoms with E-state index in [1.54, 1.807) is 13.0 Å². The smallest absolute Gasteiger partial charge is 0.249 e. The van der Waals surface area contributed by atoms with E-state index in [4.69, 9.17) is 4.52 Å². The lowest BCUT2D eigenvalue weighted by Crippen LogP contribution is -2.45. The Kier molecular flexibility index (Phi) is 5.48. The lowest BCUT2D eigenvalue weighted by Gasteiger charge is -2.31. The third kappa shape index (κ3) is 4.47. The highest BCUT2D eigenvalue weighted by Gasteiger charge is 2.28. The van der Waals surface area contributed by atoms with Crippen LogP contribution in [0.3, 0.4) is 0 Å². The van der Waals surface area contributed by atoms with Crippen molar-refractivity contribution in [2.24, 2.45) is 0 Å². The van der Waals surface area contributed by atoms with Crippen LogP contribution in [0, 0.1) is 6.92 Å². The summed E-state index contributed by atoms with van der Waals surface area (Å²) in [5, 5.41) is 6.72. The van der Waals surface area contributed by atoms with Crippen molar-refractivity contribution in [1.29, 1.82) is 0 Å². The minimum Gasteiger partial charge on any atom is -0.361 e.